The van der Waals surface area contributed by atoms with Crippen molar-refractivity contribution in [3.05, 3.63) is 0 Å². The zero-order valence-corrected chi connectivity index (χ0v) is 17.7. The van der Waals surface area contributed by atoms with Crippen molar-refractivity contribution in [2.24, 2.45) is 11.8 Å². The molecule has 1 N–H and O–H groups in total. The van der Waals surface area contributed by atoms with E-state index >= 15 is 0 Å². The lowest BCUT2D eigenvalue weighted by Gasteiger charge is -2.29. The van der Waals surface area contributed by atoms with Crippen molar-refractivity contribution in [1.82, 2.24) is 0 Å². The van der Waals surface area contributed by atoms with Gasteiger partial charge in [-0.05, 0) is 80.5 Å². The Morgan fingerprint density at radius 3 is 2.27 bits per heavy atom. The van der Waals surface area contributed by atoms with Crippen LogP contribution in [0.15, 0.2) is 0 Å². The number of rotatable bonds is 12. The van der Waals surface area contributed by atoms with Crippen LogP contribution in [0.1, 0.15) is 77.0 Å². The molecule has 2 aliphatic heterocycles. The van der Waals surface area contributed by atoms with Crippen LogP contribution in [0.25, 0.3) is 0 Å². The van der Waals surface area contributed by atoms with Crippen molar-refractivity contribution in [3.63, 3.8) is 0 Å². The average Bonchev–Trinajstić information content (AvgIpc) is 3.24. The number of aliphatic carboxylic acids is 1. The summed E-state index contributed by atoms with van der Waals surface area (Å²) in [5.41, 5.74) is 0. The second-order valence-electron chi connectivity index (χ2n) is 8.29. The normalized spacial score (nSPS) is 31.5. The summed E-state index contributed by atoms with van der Waals surface area (Å²) < 4.78 is 6.28. The van der Waals surface area contributed by atoms with Crippen molar-refractivity contribution < 1.29 is 14.6 Å². The molecule has 5 heteroatoms. The Bertz CT molecular complexity index is 425. The predicted molar refractivity (Wildman–Crippen MR) is 112 cm³/mol. The van der Waals surface area contributed by atoms with Crippen LogP contribution in [-0.4, -0.2) is 45.8 Å². The first kappa shape index (κ1) is 20.9. The van der Waals surface area contributed by atoms with Crippen LogP contribution in [-0.2, 0) is 9.53 Å². The number of carbonyl (C=O) groups is 1. The summed E-state index contributed by atoms with van der Waals surface area (Å²) in [6, 6.07) is 0. The average molecular weight is 401 g/mol. The molecule has 0 radical (unpaired) electrons. The van der Waals surface area contributed by atoms with Gasteiger partial charge < -0.3 is 9.84 Å². The zero-order valence-electron chi connectivity index (χ0n) is 16.1. The third-order valence-corrected chi connectivity index (χ3v) is 8.99. The van der Waals surface area contributed by atoms with Gasteiger partial charge in [0, 0.05) is 11.7 Å². The summed E-state index contributed by atoms with van der Waals surface area (Å²) in [5, 5.41) is 9.61. The number of thioether (sulfide) groups is 2. The lowest BCUT2D eigenvalue weighted by molar-refractivity contribution is -0.137. The van der Waals surface area contributed by atoms with Gasteiger partial charge in [0.25, 0.3) is 0 Å². The van der Waals surface area contributed by atoms with E-state index in [4.69, 9.17) is 9.84 Å². The molecule has 1 saturated carbocycles. The van der Waals surface area contributed by atoms with Crippen LogP contribution in [0.5, 0.6) is 0 Å². The lowest BCUT2D eigenvalue weighted by atomic mass is 9.76. The molecular weight excluding hydrogens is 364 g/mol. The number of unbranched alkanes of at least 4 members (excludes halogenated alkanes) is 1. The first-order valence-electron chi connectivity index (χ1n) is 10.8. The Hall–Kier alpha value is 0.130. The van der Waals surface area contributed by atoms with Gasteiger partial charge in [0.15, 0.2) is 0 Å². The molecule has 4 unspecified atom stereocenters. The highest BCUT2D eigenvalue weighted by atomic mass is 32.2. The molecule has 0 aromatic rings. The van der Waals surface area contributed by atoms with Gasteiger partial charge in [0.1, 0.15) is 0 Å². The standard InChI is InChI=1S/C21H36O3S2/c22-21(23)8-4-5-13-25-14-11-17-18(20-10-9-19(17)24-20)12-15-26-16-6-2-1-3-7-16/h16-20H,1-15H2,(H,22,23). The zero-order chi connectivity index (χ0) is 18.2. The fraction of sp³-hybridized carbons (Fsp3) is 0.952. The molecule has 26 heavy (non-hydrogen) atoms. The van der Waals surface area contributed by atoms with Crippen LogP contribution in [0, 0.1) is 11.8 Å². The molecule has 4 atom stereocenters. The number of carboxylic acids is 1. The fourth-order valence-corrected chi connectivity index (χ4v) is 7.53. The van der Waals surface area contributed by atoms with E-state index in [9.17, 15) is 4.79 Å². The van der Waals surface area contributed by atoms with Gasteiger partial charge in [0.05, 0.1) is 12.2 Å². The number of carboxylic acid groups (broad SMARTS) is 1. The molecule has 150 valence electrons. The molecular formula is C21H36O3S2. The minimum Gasteiger partial charge on any atom is -0.481 e. The van der Waals surface area contributed by atoms with Crippen LogP contribution >= 0.6 is 23.5 Å². The summed E-state index contributed by atoms with van der Waals surface area (Å²) in [6.07, 6.45) is 15.7. The number of hydrogen-bond acceptors (Lipinski definition) is 4. The molecule has 2 heterocycles. The summed E-state index contributed by atoms with van der Waals surface area (Å²) in [5.74, 6) is 4.59. The van der Waals surface area contributed by atoms with E-state index in [1.807, 2.05) is 11.8 Å². The first-order chi connectivity index (χ1) is 12.7. The Balaban J connectivity index is 1.31. The van der Waals surface area contributed by atoms with Gasteiger partial charge in [-0.15, -0.1) is 0 Å². The Kier molecular flexibility index (Phi) is 8.99. The van der Waals surface area contributed by atoms with E-state index in [1.54, 1.807) is 0 Å². The highest BCUT2D eigenvalue weighted by molar-refractivity contribution is 7.99. The molecule has 0 amide bonds. The molecule has 0 aromatic heterocycles. The van der Waals surface area contributed by atoms with Crippen molar-refractivity contribution >= 4 is 29.5 Å². The summed E-state index contributed by atoms with van der Waals surface area (Å²) in [4.78, 5) is 10.5. The predicted octanol–water partition coefficient (Wildman–Crippen LogP) is 5.61. The van der Waals surface area contributed by atoms with E-state index in [0.29, 0.717) is 18.6 Å². The minimum absolute atomic E-state index is 0.321. The fourth-order valence-electron chi connectivity index (χ4n) is 5.07. The number of fused-ring (bicyclic) bond motifs is 2. The van der Waals surface area contributed by atoms with Gasteiger partial charge >= 0.3 is 5.97 Å². The van der Waals surface area contributed by atoms with Crippen LogP contribution in [0.2, 0.25) is 0 Å². The maximum atomic E-state index is 10.5. The molecule has 2 bridgehead atoms. The van der Waals surface area contributed by atoms with Gasteiger partial charge in [0.2, 0.25) is 0 Å². The Labute approximate surface area is 167 Å². The highest BCUT2D eigenvalue weighted by Crippen LogP contribution is 2.47. The SMILES string of the molecule is O=C(O)CCCCSCCC1C2CCC(O2)C1CCSC1CCCCC1. The summed E-state index contributed by atoms with van der Waals surface area (Å²) >= 11 is 4.26. The molecule has 0 spiro atoms. The largest absolute Gasteiger partial charge is 0.481 e. The van der Waals surface area contributed by atoms with Crippen molar-refractivity contribution in [1.29, 1.82) is 0 Å². The van der Waals surface area contributed by atoms with Gasteiger partial charge in [-0.25, -0.2) is 0 Å². The van der Waals surface area contributed by atoms with E-state index in [1.165, 1.54) is 69.3 Å². The number of ether oxygens (including phenoxy) is 1. The summed E-state index contributed by atoms with van der Waals surface area (Å²) in [7, 11) is 0. The molecule has 0 aromatic carbocycles. The highest BCUT2D eigenvalue weighted by Gasteiger charge is 2.47. The third kappa shape index (κ3) is 6.34. The smallest absolute Gasteiger partial charge is 0.303 e. The maximum absolute atomic E-state index is 10.5. The third-order valence-electron chi connectivity index (χ3n) is 6.47. The monoisotopic (exact) mass is 400 g/mol. The topological polar surface area (TPSA) is 46.5 Å². The molecule has 1 aliphatic carbocycles. The Morgan fingerprint density at radius 2 is 1.58 bits per heavy atom. The van der Waals surface area contributed by atoms with Crippen molar-refractivity contribution in [2.75, 3.05) is 17.3 Å². The first-order valence-corrected chi connectivity index (χ1v) is 13.0. The molecule has 3 rings (SSSR count). The van der Waals surface area contributed by atoms with Crippen molar-refractivity contribution in [3.8, 4) is 0 Å². The second-order valence-corrected chi connectivity index (χ2v) is 10.9. The molecule has 2 saturated heterocycles. The number of hydrogen-bond donors (Lipinski definition) is 1. The molecule has 3 fully saturated rings. The molecule has 3 nitrogen and oxygen atoms in total. The van der Waals surface area contributed by atoms with Gasteiger partial charge in [-0.2, -0.15) is 23.5 Å². The van der Waals surface area contributed by atoms with Crippen LogP contribution in [0.4, 0.5) is 0 Å². The molecule has 3 aliphatic rings. The minimum atomic E-state index is -0.664. The van der Waals surface area contributed by atoms with E-state index in [-0.39, 0.29) is 0 Å². The van der Waals surface area contributed by atoms with Crippen LogP contribution < -0.4 is 0 Å². The quantitative estimate of drug-likeness (QED) is 0.431. The van der Waals surface area contributed by atoms with E-state index in [0.717, 1.165) is 35.7 Å². The summed E-state index contributed by atoms with van der Waals surface area (Å²) in [6.45, 7) is 0. The maximum Gasteiger partial charge on any atom is 0.303 e. The lowest BCUT2D eigenvalue weighted by Crippen LogP contribution is -2.28. The van der Waals surface area contributed by atoms with Crippen LogP contribution in [0.3, 0.4) is 0 Å². The van der Waals surface area contributed by atoms with E-state index < -0.39 is 5.97 Å². The van der Waals surface area contributed by atoms with Gasteiger partial charge in [-0.3, -0.25) is 4.79 Å². The van der Waals surface area contributed by atoms with Gasteiger partial charge in [-0.1, -0.05) is 19.3 Å². The van der Waals surface area contributed by atoms with Crippen molar-refractivity contribution in [2.45, 2.75) is 94.5 Å². The van der Waals surface area contributed by atoms with E-state index in [2.05, 4.69) is 11.8 Å². The second kappa shape index (κ2) is 11.2. The Morgan fingerprint density at radius 1 is 0.885 bits per heavy atom.